The van der Waals surface area contributed by atoms with E-state index in [9.17, 15) is 14.7 Å². The predicted molar refractivity (Wildman–Crippen MR) is 53.6 cm³/mol. The molecule has 6 nitrogen and oxygen atoms in total. The number of aliphatic hydroxyl groups is 2. The lowest BCUT2D eigenvalue weighted by atomic mass is 10.2. The van der Waals surface area contributed by atoms with Crippen LogP contribution in [0.3, 0.4) is 0 Å². The zero-order chi connectivity index (χ0) is 11.3. The molecule has 1 unspecified atom stereocenters. The Labute approximate surface area is 85.8 Å². The van der Waals surface area contributed by atoms with Crippen LogP contribution in [-0.2, 0) is 6.54 Å². The second kappa shape index (κ2) is 5.47. The summed E-state index contributed by atoms with van der Waals surface area (Å²) in [5, 5.41) is 17.9. The van der Waals surface area contributed by atoms with Gasteiger partial charge in [0.15, 0.2) is 0 Å². The van der Waals surface area contributed by atoms with Gasteiger partial charge >= 0.3 is 5.69 Å². The maximum Gasteiger partial charge on any atom is 0.328 e. The van der Waals surface area contributed by atoms with Crippen molar-refractivity contribution < 1.29 is 10.2 Å². The van der Waals surface area contributed by atoms with Crippen molar-refractivity contribution in [3.63, 3.8) is 0 Å². The largest absolute Gasteiger partial charge is 0.396 e. The number of aromatic nitrogens is 2. The third-order valence-corrected chi connectivity index (χ3v) is 2.06. The van der Waals surface area contributed by atoms with Crippen LogP contribution in [0.4, 0.5) is 0 Å². The molecule has 84 valence electrons. The summed E-state index contributed by atoms with van der Waals surface area (Å²) in [6.07, 6.45) is 1.41. The summed E-state index contributed by atoms with van der Waals surface area (Å²) in [5.74, 6) is 0. The fraction of sp³-hybridized carbons (Fsp3) is 0.556. The normalized spacial score (nSPS) is 12.7. The SMILES string of the molecule is O=c1ccn(CCC(O)CCO)c(=O)[nH]1. The molecule has 15 heavy (non-hydrogen) atoms. The van der Waals surface area contributed by atoms with Gasteiger partial charge in [-0.25, -0.2) is 4.79 Å². The van der Waals surface area contributed by atoms with Crippen LogP contribution < -0.4 is 11.2 Å². The molecule has 1 heterocycles. The summed E-state index contributed by atoms with van der Waals surface area (Å²) in [4.78, 5) is 24.0. The molecule has 0 spiro atoms. The molecular weight excluding hydrogens is 200 g/mol. The Bertz CT molecular complexity index is 409. The summed E-state index contributed by atoms with van der Waals surface area (Å²) < 4.78 is 1.31. The van der Waals surface area contributed by atoms with Crippen LogP contribution in [0.1, 0.15) is 12.8 Å². The van der Waals surface area contributed by atoms with Crippen molar-refractivity contribution in [3.8, 4) is 0 Å². The Morgan fingerprint density at radius 3 is 2.73 bits per heavy atom. The Morgan fingerprint density at radius 2 is 2.13 bits per heavy atom. The first kappa shape index (κ1) is 11.7. The number of hydrogen-bond donors (Lipinski definition) is 3. The van der Waals surface area contributed by atoms with Crippen molar-refractivity contribution in [3.05, 3.63) is 33.1 Å². The van der Waals surface area contributed by atoms with E-state index in [0.717, 1.165) is 0 Å². The molecule has 0 radical (unpaired) electrons. The minimum atomic E-state index is -0.631. The van der Waals surface area contributed by atoms with E-state index >= 15 is 0 Å². The minimum absolute atomic E-state index is 0.0817. The van der Waals surface area contributed by atoms with Crippen LogP contribution in [0.5, 0.6) is 0 Å². The van der Waals surface area contributed by atoms with Gasteiger partial charge in [0, 0.05) is 25.4 Å². The average molecular weight is 214 g/mol. The Hall–Kier alpha value is -1.40. The van der Waals surface area contributed by atoms with Gasteiger partial charge in [0.2, 0.25) is 0 Å². The fourth-order valence-electron chi connectivity index (χ4n) is 1.20. The predicted octanol–water partition coefficient (Wildman–Crippen LogP) is -1.33. The van der Waals surface area contributed by atoms with Crippen LogP contribution in [0.15, 0.2) is 21.9 Å². The number of nitrogens with zero attached hydrogens (tertiary/aromatic N) is 1. The van der Waals surface area contributed by atoms with E-state index in [1.807, 2.05) is 0 Å². The smallest absolute Gasteiger partial charge is 0.328 e. The summed E-state index contributed by atoms with van der Waals surface area (Å²) >= 11 is 0. The van der Waals surface area contributed by atoms with Gasteiger partial charge in [0.05, 0.1) is 6.10 Å². The number of aromatic amines is 1. The Balaban J connectivity index is 2.58. The molecule has 1 atom stereocenters. The lowest BCUT2D eigenvalue weighted by molar-refractivity contribution is 0.120. The second-order valence-corrected chi connectivity index (χ2v) is 3.26. The maximum absolute atomic E-state index is 11.2. The number of aryl methyl sites for hydroxylation is 1. The van der Waals surface area contributed by atoms with E-state index < -0.39 is 17.4 Å². The summed E-state index contributed by atoms with van der Waals surface area (Å²) in [7, 11) is 0. The molecule has 6 heteroatoms. The molecule has 0 saturated carbocycles. The third kappa shape index (κ3) is 3.69. The molecule has 0 bridgehead atoms. The van der Waals surface area contributed by atoms with Gasteiger partial charge in [0.25, 0.3) is 5.56 Å². The molecule has 0 fully saturated rings. The van der Waals surface area contributed by atoms with Crippen molar-refractivity contribution in [1.82, 2.24) is 9.55 Å². The molecule has 3 N–H and O–H groups in total. The van der Waals surface area contributed by atoms with Crippen LogP contribution in [0.2, 0.25) is 0 Å². The van der Waals surface area contributed by atoms with Crippen LogP contribution in [-0.4, -0.2) is 32.5 Å². The number of hydrogen-bond acceptors (Lipinski definition) is 4. The molecular formula is C9H14N2O4. The molecule has 1 rings (SSSR count). The summed E-state index contributed by atoms with van der Waals surface area (Å²) in [6.45, 7) is 0.235. The van der Waals surface area contributed by atoms with Crippen molar-refractivity contribution >= 4 is 0 Å². The number of H-pyrrole nitrogens is 1. The van der Waals surface area contributed by atoms with Crippen molar-refractivity contribution in [2.45, 2.75) is 25.5 Å². The lowest BCUT2D eigenvalue weighted by Crippen LogP contribution is -2.29. The first-order chi connectivity index (χ1) is 7.13. The van der Waals surface area contributed by atoms with Gasteiger partial charge < -0.3 is 14.8 Å². The summed E-state index contributed by atoms with van der Waals surface area (Å²) in [6, 6.07) is 1.25. The molecule has 1 aromatic heterocycles. The van der Waals surface area contributed by atoms with Crippen LogP contribution >= 0.6 is 0 Å². The third-order valence-electron chi connectivity index (χ3n) is 2.06. The van der Waals surface area contributed by atoms with Gasteiger partial charge in [-0.15, -0.1) is 0 Å². The first-order valence-electron chi connectivity index (χ1n) is 4.72. The van der Waals surface area contributed by atoms with E-state index in [2.05, 4.69) is 4.98 Å². The molecule has 0 aliphatic heterocycles. The quantitative estimate of drug-likeness (QED) is 0.566. The maximum atomic E-state index is 11.2. The molecule has 0 aliphatic carbocycles. The molecule has 0 amide bonds. The van der Waals surface area contributed by atoms with Crippen molar-refractivity contribution in [2.75, 3.05) is 6.61 Å². The second-order valence-electron chi connectivity index (χ2n) is 3.26. The topological polar surface area (TPSA) is 95.3 Å². The number of rotatable bonds is 5. The first-order valence-corrected chi connectivity index (χ1v) is 4.72. The van der Waals surface area contributed by atoms with Gasteiger partial charge in [-0.2, -0.15) is 0 Å². The number of nitrogens with one attached hydrogen (secondary N) is 1. The van der Waals surface area contributed by atoms with E-state index in [-0.39, 0.29) is 13.0 Å². The molecule has 0 aliphatic rings. The number of aliphatic hydroxyl groups excluding tert-OH is 2. The van der Waals surface area contributed by atoms with E-state index in [0.29, 0.717) is 13.0 Å². The Kier molecular flexibility index (Phi) is 4.26. The van der Waals surface area contributed by atoms with Gasteiger partial charge in [-0.3, -0.25) is 9.78 Å². The molecule has 0 aromatic carbocycles. The average Bonchev–Trinajstić information content (AvgIpc) is 2.17. The van der Waals surface area contributed by atoms with Crippen molar-refractivity contribution in [2.24, 2.45) is 0 Å². The van der Waals surface area contributed by atoms with Crippen LogP contribution in [0, 0.1) is 0 Å². The highest BCUT2D eigenvalue weighted by molar-refractivity contribution is 4.82. The van der Waals surface area contributed by atoms with E-state index in [1.54, 1.807) is 0 Å². The van der Waals surface area contributed by atoms with Gasteiger partial charge in [0.1, 0.15) is 0 Å². The van der Waals surface area contributed by atoms with Gasteiger partial charge in [-0.05, 0) is 12.8 Å². The fourth-order valence-corrected chi connectivity index (χ4v) is 1.20. The highest BCUT2D eigenvalue weighted by Crippen LogP contribution is 1.97. The van der Waals surface area contributed by atoms with Crippen LogP contribution in [0.25, 0.3) is 0 Å². The van der Waals surface area contributed by atoms with E-state index in [1.165, 1.54) is 16.8 Å². The lowest BCUT2D eigenvalue weighted by Gasteiger charge is -2.09. The minimum Gasteiger partial charge on any atom is -0.396 e. The Morgan fingerprint density at radius 1 is 1.40 bits per heavy atom. The zero-order valence-electron chi connectivity index (χ0n) is 8.22. The molecule has 0 saturated heterocycles. The monoisotopic (exact) mass is 214 g/mol. The molecule has 1 aromatic rings. The standard InChI is InChI=1S/C9H14N2O4/c12-6-3-7(13)1-4-11-5-2-8(14)10-9(11)15/h2,5,7,12-13H,1,3-4,6H2,(H,10,14,15). The van der Waals surface area contributed by atoms with Gasteiger partial charge in [-0.1, -0.05) is 0 Å². The van der Waals surface area contributed by atoms with Crippen molar-refractivity contribution in [1.29, 1.82) is 0 Å². The van der Waals surface area contributed by atoms with E-state index in [4.69, 9.17) is 5.11 Å². The summed E-state index contributed by atoms with van der Waals surface area (Å²) in [5.41, 5.74) is -0.925. The highest BCUT2D eigenvalue weighted by Gasteiger charge is 2.04. The zero-order valence-corrected chi connectivity index (χ0v) is 8.22. The highest BCUT2D eigenvalue weighted by atomic mass is 16.3.